The van der Waals surface area contributed by atoms with Crippen molar-refractivity contribution in [2.45, 2.75) is 13.0 Å². The van der Waals surface area contributed by atoms with Gasteiger partial charge in [-0.05, 0) is 25.6 Å². The summed E-state index contributed by atoms with van der Waals surface area (Å²) >= 11 is 0. The molecule has 0 bridgehead atoms. The van der Waals surface area contributed by atoms with E-state index in [2.05, 4.69) is 10.3 Å². The predicted molar refractivity (Wildman–Crippen MR) is 52.7 cm³/mol. The summed E-state index contributed by atoms with van der Waals surface area (Å²) in [5, 5.41) is 2.89. The van der Waals surface area contributed by atoms with E-state index in [4.69, 9.17) is 4.74 Å². The van der Waals surface area contributed by atoms with Gasteiger partial charge < -0.3 is 10.1 Å². The molecule has 0 fully saturated rings. The predicted octanol–water partition coefficient (Wildman–Crippen LogP) is 0.905. The Morgan fingerprint density at radius 2 is 2.50 bits per heavy atom. The van der Waals surface area contributed by atoms with Gasteiger partial charge in [-0.25, -0.2) is 4.79 Å². The molecular weight excluding hydrogens is 180 g/mol. The summed E-state index contributed by atoms with van der Waals surface area (Å²) in [6.45, 7) is 2.17. The van der Waals surface area contributed by atoms with Crippen molar-refractivity contribution >= 4 is 5.97 Å². The van der Waals surface area contributed by atoms with Crippen LogP contribution in [0.5, 0.6) is 0 Å². The van der Waals surface area contributed by atoms with Crippen LogP contribution < -0.4 is 5.32 Å². The van der Waals surface area contributed by atoms with Crippen molar-refractivity contribution in [1.29, 1.82) is 0 Å². The second-order valence-corrected chi connectivity index (χ2v) is 2.76. The molecule has 0 radical (unpaired) electrons. The van der Waals surface area contributed by atoms with Crippen LogP contribution in [0.4, 0.5) is 0 Å². The van der Waals surface area contributed by atoms with E-state index in [0.717, 1.165) is 5.56 Å². The standard InChI is InChI=1S/C10H14N2O2/c1-3-14-10(13)9(11-2)8-5-4-6-12-7-8/h4-7,9,11H,3H2,1-2H3/t9-/m0/s1. The first-order valence-corrected chi connectivity index (χ1v) is 4.53. The van der Waals surface area contributed by atoms with E-state index < -0.39 is 6.04 Å². The average Bonchev–Trinajstić information content (AvgIpc) is 2.21. The van der Waals surface area contributed by atoms with E-state index in [1.807, 2.05) is 6.07 Å². The summed E-state index contributed by atoms with van der Waals surface area (Å²) in [6.07, 6.45) is 3.32. The fourth-order valence-electron chi connectivity index (χ4n) is 1.19. The molecular formula is C10H14N2O2. The first kappa shape index (κ1) is 10.7. The van der Waals surface area contributed by atoms with Gasteiger partial charge in [-0.2, -0.15) is 0 Å². The highest BCUT2D eigenvalue weighted by Gasteiger charge is 2.19. The van der Waals surface area contributed by atoms with Gasteiger partial charge in [0.1, 0.15) is 6.04 Å². The number of esters is 1. The Morgan fingerprint density at radius 3 is 3.00 bits per heavy atom. The molecule has 1 aromatic rings. The fraction of sp³-hybridized carbons (Fsp3) is 0.400. The Kier molecular flexibility index (Phi) is 4.07. The maximum Gasteiger partial charge on any atom is 0.327 e. The number of carbonyl (C=O) groups is 1. The van der Waals surface area contributed by atoms with E-state index in [-0.39, 0.29) is 5.97 Å². The molecule has 0 amide bonds. The minimum absolute atomic E-state index is 0.275. The van der Waals surface area contributed by atoms with Gasteiger partial charge in [0, 0.05) is 12.4 Å². The number of ether oxygens (including phenoxy) is 1. The molecule has 4 nitrogen and oxygen atoms in total. The molecule has 0 aromatic carbocycles. The topological polar surface area (TPSA) is 51.2 Å². The van der Waals surface area contributed by atoms with Crippen LogP contribution in [0.3, 0.4) is 0 Å². The molecule has 0 aliphatic rings. The Balaban J connectivity index is 2.77. The van der Waals surface area contributed by atoms with Gasteiger partial charge in [0.2, 0.25) is 0 Å². The number of aromatic nitrogens is 1. The maximum absolute atomic E-state index is 11.5. The summed E-state index contributed by atoms with van der Waals surface area (Å²) in [6, 6.07) is 3.20. The minimum atomic E-state index is -0.427. The molecule has 1 rings (SSSR count). The number of nitrogens with one attached hydrogen (secondary N) is 1. The lowest BCUT2D eigenvalue weighted by Gasteiger charge is -2.13. The van der Waals surface area contributed by atoms with Gasteiger partial charge in [0.25, 0.3) is 0 Å². The van der Waals surface area contributed by atoms with Gasteiger partial charge in [-0.3, -0.25) is 4.98 Å². The molecule has 1 heterocycles. The van der Waals surface area contributed by atoms with E-state index in [9.17, 15) is 4.79 Å². The highest BCUT2D eigenvalue weighted by molar-refractivity contribution is 5.77. The van der Waals surface area contributed by atoms with Gasteiger partial charge in [0.05, 0.1) is 6.61 Å². The second-order valence-electron chi connectivity index (χ2n) is 2.76. The molecule has 76 valence electrons. The molecule has 0 saturated heterocycles. The van der Waals surface area contributed by atoms with Crippen LogP contribution in [-0.4, -0.2) is 24.6 Å². The zero-order valence-corrected chi connectivity index (χ0v) is 8.36. The zero-order valence-electron chi connectivity index (χ0n) is 8.36. The summed E-state index contributed by atoms with van der Waals surface area (Å²) in [7, 11) is 1.72. The smallest absolute Gasteiger partial charge is 0.327 e. The van der Waals surface area contributed by atoms with Crippen LogP contribution in [-0.2, 0) is 9.53 Å². The lowest BCUT2D eigenvalue weighted by atomic mass is 10.1. The van der Waals surface area contributed by atoms with Crippen molar-refractivity contribution < 1.29 is 9.53 Å². The molecule has 0 spiro atoms. The lowest BCUT2D eigenvalue weighted by molar-refractivity contribution is -0.145. The van der Waals surface area contributed by atoms with Crippen LogP contribution in [0.2, 0.25) is 0 Å². The summed E-state index contributed by atoms with van der Waals surface area (Å²) in [5.41, 5.74) is 0.813. The Bertz CT molecular complexity index is 287. The number of hydrogen-bond acceptors (Lipinski definition) is 4. The van der Waals surface area contributed by atoms with Gasteiger partial charge in [-0.1, -0.05) is 6.07 Å². The van der Waals surface area contributed by atoms with E-state index in [1.165, 1.54) is 0 Å². The number of likely N-dealkylation sites (N-methyl/N-ethyl adjacent to an activating group) is 1. The summed E-state index contributed by atoms with van der Waals surface area (Å²) < 4.78 is 4.92. The average molecular weight is 194 g/mol. The number of nitrogens with zero attached hydrogens (tertiary/aromatic N) is 1. The number of pyridine rings is 1. The molecule has 1 atom stereocenters. The summed E-state index contributed by atoms with van der Waals surface area (Å²) in [5.74, 6) is -0.275. The van der Waals surface area contributed by atoms with Crippen molar-refractivity contribution in [3.8, 4) is 0 Å². The van der Waals surface area contributed by atoms with Gasteiger partial charge >= 0.3 is 5.97 Å². The Morgan fingerprint density at radius 1 is 1.71 bits per heavy atom. The summed E-state index contributed by atoms with van der Waals surface area (Å²) in [4.78, 5) is 15.4. The molecule has 0 unspecified atom stereocenters. The first-order valence-electron chi connectivity index (χ1n) is 4.53. The monoisotopic (exact) mass is 194 g/mol. The van der Waals surface area contributed by atoms with E-state index in [1.54, 1.807) is 32.4 Å². The molecule has 1 N–H and O–H groups in total. The third-order valence-electron chi connectivity index (χ3n) is 1.83. The minimum Gasteiger partial charge on any atom is -0.465 e. The van der Waals surface area contributed by atoms with Crippen LogP contribution in [0.25, 0.3) is 0 Å². The molecule has 1 aromatic heterocycles. The Hall–Kier alpha value is -1.42. The molecule has 4 heteroatoms. The first-order chi connectivity index (χ1) is 6.79. The highest BCUT2D eigenvalue weighted by Crippen LogP contribution is 2.12. The van der Waals surface area contributed by atoms with Crippen LogP contribution in [0, 0.1) is 0 Å². The highest BCUT2D eigenvalue weighted by atomic mass is 16.5. The SMILES string of the molecule is CCOC(=O)[C@@H](NC)c1cccnc1. The third-order valence-corrected chi connectivity index (χ3v) is 1.83. The fourth-order valence-corrected chi connectivity index (χ4v) is 1.19. The van der Waals surface area contributed by atoms with Crippen LogP contribution in [0.1, 0.15) is 18.5 Å². The normalized spacial score (nSPS) is 12.1. The molecule has 0 saturated carbocycles. The van der Waals surface area contributed by atoms with Crippen molar-refractivity contribution in [3.63, 3.8) is 0 Å². The molecule has 0 aliphatic carbocycles. The van der Waals surface area contributed by atoms with E-state index >= 15 is 0 Å². The molecule has 0 aliphatic heterocycles. The zero-order chi connectivity index (χ0) is 10.4. The quantitative estimate of drug-likeness (QED) is 0.724. The van der Waals surface area contributed by atoms with Crippen molar-refractivity contribution in [3.05, 3.63) is 30.1 Å². The lowest BCUT2D eigenvalue weighted by Crippen LogP contribution is -2.27. The van der Waals surface area contributed by atoms with Crippen molar-refractivity contribution in [2.24, 2.45) is 0 Å². The third kappa shape index (κ3) is 2.53. The largest absolute Gasteiger partial charge is 0.465 e. The second kappa shape index (κ2) is 5.34. The van der Waals surface area contributed by atoms with E-state index in [0.29, 0.717) is 6.61 Å². The van der Waals surface area contributed by atoms with Crippen LogP contribution in [0.15, 0.2) is 24.5 Å². The van der Waals surface area contributed by atoms with Gasteiger partial charge in [0.15, 0.2) is 0 Å². The van der Waals surface area contributed by atoms with Crippen molar-refractivity contribution in [2.75, 3.05) is 13.7 Å². The maximum atomic E-state index is 11.5. The van der Waals surface area contributed by atoms with Gasteiger partial charge in [-0.15, -0.1) is 0 Å². The van der Waals surface area contributed by atoms with Crippen molar-refractivity contribution in [1.82, 2.24) is 10.3 Å². The number of hydrogen-bond donors (Lipinski definition) is 1. The van der Waals surface area contributed by atoms with Crippen LogP contribution >= 0.6 is 0 Å². The molecule has 14 heavy (non-hydrogen) atoms. The Labute approximate surface area is 83.3 Å². The number of carbonyl (C=O) groups excluding carboxylic acids is 1. The number of rotatable bonds is 4.